The fourth-order valence-electron chi connectivity index (χ4n) is 1.59. The third-order valence-electron chi connectivity index (χ3n) is 2.46. The SMILES string of the molecule is O=Cc1cc(F)cc(OCCOc2ccc(Br)cc2)c1. The zero-order valence-electron chi connectivity index (χ0n) is 10.5. The Balaban J connectivity index is 1.82. The van der Waals surface area contributed by atoms with Gasteiger partial charge in [0, 0.05) is 16.1 Å². The summed E-state index contributed by atoms with van der Waals surface area (Å²) in [5.74, 6) is 0.537. The highest BCUT2D eigenvalue weighted by molar-refractivity contribution is 9.10. The average Bonchev–Trinajstić information content (AvgIpc) is 2.45. The van der Waals surface area contributed by atoms with E-state index in [2.05, 4.69) is 15.9 Å². The van der Waals surface area contributed by atoms with Crippen LogP contribution in [-0.2, 0) is 0 Å². The Morgan fingerprint density at radius 2 is 1.65 bits per heavy atom. The molecule has 20 heavy (non-hydrogen) atoms. The summed E-state index contributed by atoms with van der Waals surface area (Å²) < 4.78 is 24.9. The second kappa shape index (κ2) is 7.05. The number of carbonyl (C=O) groups is 1. The standard InChI is InChI=1S/C15H12BrFO3/c16-12-1-3-14(4-2-12)19-5-6-20-15-8-11(10-18)7-13(17)9-15/h1-4,7-10H,5-6H2. The van der Waals surface area contributed by atoms with Crippen LogP contribution in [-0.4, -0.2) is 19.5 Å². The third-order valence-corrected chi connectivity index (χ3v) is 2.99. The fourth-order valence-corrected chi connectivity index (χ4v) is 1.85. The Labute approximate surface area is 124 Å². The molecule has 0 unspecified atom stereocenters. The van der Waals surface area contributed by atoms with E-state index in [0.717, 1.165) is 16.3 Å². The highest BCUT2D eigenvalue weighted by atomic mass is 79.9. The van der Waals surface area contributed by atoms with Crippen LogP contribution in [0.3, 0.4) is 0 Å². The van der Waals surface area contributed by atoms with Crippen molar-refractivity contribution < 1.29 is 18.7 Å². The molecular formula is C15H12BrFO3. The number of hydrogen-bond donors (Lipinski definition) is 0. The van der Waals surface area contributed by atoms with E-state index in [0.29, 0.717) is 18.6 Å². The van der Waals surface area contributed by atoms with Gasteiger partial charge in [0.2, 0.25) is 0 Å². The zero-order chi connectivity index (χ0) is 14.4. The lowest BCUT2D eigenvalue weighted by Gasteiger charge is -2.09. The minimum Gasteiger partial charge on any atom is -0.490 e. The van der Waals surface area contributed by atoms with Gasteiger partial charge in [-0.05, 0) is 36.4 Å². The van der Waals surface area contributed by atoms with Crippen LogP contribution in [0, 0.1) is 5.82 Å². The smallest absolute Gasteiger partial charge is 0.150 e. The van der Waals surface area contributed by atoms with Crippen LogP contribution in [0.15, 0.2) is 46.9 Å². The van der Waals surface area contributed by atoms with Crippen molar-refractivity contribution in [2.75, 3.05) is 13.2 Å². The number of ether oxygens (including phenoxy) is 2. The number of carbonyl (C=O) groups excluding carboxylic acids is 1. The Hall–Kier alpha value is -1.88. The molecule has 3 nitrogen and oxygen atoms in total. The maximum atomic E-state index is 13.2. The van der Waals surface area contributed by atoms with E-state index < -0.39 is 5.82 Å². The quantitative estimate of drug-likeness (QED) is 0.592. The molecule has 0 spiro atoms. The normalized spacial score (nSPS) is 10.1. The van der Waals surface area contributed by atoms with Gasteiger partial charge < -0.3 is 9.47 Å². The van der Waals surface area contributed by atoms with Gasteiger partial charge >= 0.3 is 0 Å². The second-order valence-corrected chi connectivity index (χ2v) is 4.90. The van der Waals surface area contributed by atoms with Gasteiger partial charge in [-0.2, -0.15) is 0 Å². The Kier molecular flexibility index (Phi) is 5.12. The summed E-state index contributed by atoms with van der Waals surface area (Å²) in [6.07, 6.45) is 0.578. The van der Waals surface area contributed by atoms with Gasteiger partial charge in [-0.1, -0.05) is 15.9 Å². The van der Waals surface area contributed by atoms with Crippen molar-refractivity contribution in [2.24, 2.45) is 0 Å². The van der Waals surface area contributed by atoms with Crippen LogP contribution < -0.4 is 9.47 Å². The Bertz CT molecular complexity index is 584. The van der Waals surface area contributed by atoms with Crippen LogP contribution in [0.2, 0.25) is 0 Å². The molecule has 5 heteroatoms. The predicted octanol–water partition coefficient (Wildman–Crippen LogP) is 3.86. The van der Waals surface area contributed by atoms with Gasteiger partial charge in [0.25, 0.3) is 0 Å². The first-order chi connectivity index (χ1) is 9.67. The number of rotatable bonds is 6. The van der Waals surface area contributed by atoms with Gasteiger partial charge in [-0.25, -0.2) is 4.39 Å². The lowest BCUT2D eigenvalue weighted by Crippen LogP contribution is -2.09. The van der Waals surface area contributed by atoms with Crippen molar-refractivity contribution in [3.8, 4) is 11.5 Å². The lowest BCUT2D eigenvalue weighted by molar-refractivity contribution is 0.112. The van der Waals surface area contributed by atoms with Crippen molar-refractivity contribution >= 4 is 22.2 Å². The Morgan fingerprint density at radius 1 is 1.00 bits per heavy atom. The van der Waals surface area contributed by atoms with Crippen LogP contribution >= 0.6 is 15.9 Å². The topological polar surface area (TPSA) is 35.5 Å². The van der Waals surface area contributed by atoms with Crippen LogP contribution in [0.5, 0.6) is 11.5 Å². The van der Waals surface area contributed by atoms with Crippen molar-refractivity contribution in [3.63, 3.8) is 0 Å². The molecule has 0 aromatic heterocycles. The van der Waals surface area contributed by atoms with E-state index in [-0.39, 0.29) is 12.2 Å². The fraction of sp³-hybridized carbons (Fsp3) is 0.133. The highest BCUT2D eigenvalue weighted by Gasteiger charge is 2.01. The van der Waals surface area contributed by atoms with Gasteiger partial charge in [0.1, 0.15) is 36.8 Å². The molecule has 0 amide bonds. The van der Waals surface area contributed by atoms with Crippen molar-refractivity contribution in [1.82, 2.24) is 0 Å². The maximum Gasteiger partial charge on any atom is 0.150 e. The lowest BCUT2D eigenvalue weighted by atomic mass is 10.2. The predicted molar refractivity (Wildman–Crippen MR) is 76.9 cm³/mol. The summed E-state index contributed by atoms with van der Waals surface area (Å²) in [7, 11) is 0. The molecule has 2 aromatic carbocycles. The molecule has 0 fully saturated rings. The summed E-state index contributed by atoms with van der Waals surface area (Å²) in [5.41, 5.74) is 0.244. The van der Waals surface area contributed by atoms with E-state index in [1.807, 2.05) is 24.3 Å². The molecule has 0 heterocycles. The first-order valence-corrected chi connectivity index (χ1v) is 6.73. The summed E-state index contributed by atoms with van der Waals surface area (Å²) >= 11 is 3.33. The minimum absolute atomic E-state index is 0.244. The number of halogens is 2. The van der Waals surface area contributed by atoms with E-state index in [1.165, 1.54) is 12.1 Å². The summed E-state index contributed by atoms with van der Waals surface area (Å²) in [6, 6.07) is 11.3. The number of benzene rings is 2. The van der Waals surface area contributed by atoms with Gasteiger partial charge in [-0.15, -0.1) is 0 Å². The van der Waals surface area contributed by atoms with Crippen molar-refractivity contribution in [3.05, 3.63) is 58.3 Å². The average molecular weight is 339 g/mol. The summed E-state index contributed by atoms with van der Waals surface area (Å²) in [6.45, 7) is 0.590. The van der Waals surface area contributed by atoms with Gasteiger partial charge in [-0.3, -0.25) is 4.79 Å². The molecule has 0 aliphatic carbocycles. The molecule has 104 valence electrons. The molecule has 0 aliphatic heterocycles. The molecule has 2 rings (SSSR count). The van der Waals surface area contributed by atoms with Crippen molar-refractivity contribution in [2.45, 2.75) is 0 Å². The minimum atomic E-state index is -0.501. The Morgan fingerprint density at radius 3 is 2.30 bits per heavy atom. The molecule has 2 aromatic rings. The van der Waals surface area contributed by atoms with Crippen LogP contribution in [0.4, 0.5) is 4.39 Å². The molecule has 0 aliphatic rings. The first-order valence-electron chi connectivity index (χ1n) is 5.94. The third kappa shape index (κ3) is 4.35. The zero-order valence-corrected chi connectivity index (χ0v) is 12.1. The highest BCUT2D eigenvalue weighted by Crippen LogP contribution is 2.17. The van der Waals surface area contributed by atoms with E-state index in [9.17, 15) is 9.18 Å². The molecule has 0 saturated heterocycles. The largest absolute Gasteiger partial charge is 0.490 e. The maximum absolute atomic E-state index is 13.2. The van der Waals surface area contributed by atoms with Gasteiger partial charge in [0.05, 0.1) is 0 Å². The summed E-state index contributed by atoms with van der Waals surface area (Å²) in [5, 5.41) is 0. The molecule has 0 bridgehead atoms. The van der Waals surface area contributed by atoms with Crippen LogP contribution in [0.25, 0.3) is 0 Å². The molecular weight excluding hydrogens is 327 g/mol. The van der Waals surface area contributed by atoms with E-state index in [1.54, 1.807) is 0 Å². The first kappa shape index (κ1) is 14.5. The second-order valence-electron chi connectivity index (χ2n) is 3.99. The van der Waals surface area contributed by atoms with E-state index in [4.69, 9.17) is 9.47 Å². The number of aldehydes is 1. The number of hydrogen-bond acceptors (Lipinski definition) is 3. The van der Waals surface area contributed by atoms with Crippen LogP contribution in [0.1, 0.15) is 10.4 Å². The molecule has 0 N–H and O–H groups in total. The molecule has 0 radical (unpaired) electrons. The van der Waals surface area contributed by atoms with Gasteiger partial charge in [0.15, 0.2) is 0 Å². The monoisotopic (exact) mass is 338 g/mol. The van der Waals surface area contributed by atoms with Crippen molar-refractivity contribution in [1.29, 1.82) is 0 Å². The summed E-state index contributed by atoms with van der Waals surface area (Å²) in [4.78, 5) is 10.6. The molecule has 0 saturated carbocycles. The molecule has 0 atom stereocenters. The van der Waals surface area contributed by atoms with E-state index >= 15 is 0 Å².